The third-order valence-corrected chi connectivity index (χ3v) is 5.56. The summed E-state index contributed by atoms with van der Waals surface area (Å²) in [4.78, 5) is 24.1. The minimum absolute atomic E-state index is 0.0257. The molecule has 3 heterocycles. The summed E-state index contributed by atoms with van der Waals surface area (Å²) in [5, 5.41) is -4.19. The van der Waals surface area contributed by atoms with Gasteiger partial charge < -0.3 is 4.74 Å². The lowest BCUT2D eigenvalue weighted by atomic mass is 9.81. The van der Waals surface area contributed by atoms with Crippen molar-refractivity contribution in [3.05, 3.63) is 0 Å². The summed E-state index contributed by atoms with van der Waals surface area (Å²) < 4.78 is 59.1. The van der Waals surface area contributed by atoms with Crippen LogP contribution in [0.4, 0.5) is 8.78 Å². The first-order valence-corrected chi connectivity index (χ1v) is 7.95. The SMILES string of the molecule is CCC(F)(F)S(=O)(=O)ON1C(=O)C2C3CCC(O3)C2C1=O. The van der Waals surface area contributed by atoms with Crippen molar-refractivity contribution in [2.45, 2.75) is 43.6 Å². The normalized spacial score (nSPS) is 35.7. The number of rotatable bonds is 4. The molecule has 3 aliphatic rings. The lowest BCUT2D eigenvalue weighted by Crippen LogP contribution is -2.41. The molecular formula is C11H13F2NO6S. The molecule has 0 aromatic carbocycles. The lowest BCUT2D eigenvalue weighted by molar-refractivity contribution is -0.169. The van der Waals surface area contributed by atoms with Gasteiger partial charge in [0.2, 0.25) is 0 Å². The zero-order chi connectivity index (χ0) is 15.6. The van der Waals surface area contributed by atoms with Gasteiger partial charge in [0.1, 0.15) is 0 Å². The third-order valence-electron chi connectivity index (χ3n) is 4.19. The zero-order valence-electron chi connectivity index (χ0n) is 11.0. The number of amides is 2. The molecule has 10 heteroatoms. The van der Waals surface area contributed by atoms with Gasteiger partial charge in [-0.15, -0.1) is 9.35 Å². The first-order valence-electron chi connectivity index (χ1n) is 6.55. The van der Waals surface area contributed by atoms with Crippen LogP contribution >= 0.6 is 0 Å². The molecule has 0 spiro atoms. The predicted molar refractivity (Wildman–Crippen MR) is 62.0 cm³/mol. The van der Waals surface area contributed by atoms with Crippen molar-refractivity contribution in [2.75, 3.05) is 0 Å². The smallest absolute Gasteiger partial charge is 0.371 e. The highest BCUT2D eigenvalue weighted by Gasteiger charge is 2.64. The molecule has 0 N–H and O–H groups in total. The molecule has 0 radical (unpaired) electrons. The molecule has 0 saturated carbocycles. The Hall–Kier alpha value is -1.13. The number of nitrogens with zero attached hydrogens (tertiary/aromatic N) is 1. The summed E-state index contributed by atoms with van der Waals surface area (Å²) in [5.74, 6) is -3.51. The van der Waals surface area contributed by atoms with Gasteiger partial charge in [-0.1, -0.05) is 6.92 Å². The average Bonchev–Trinajstić information content (AvgIpc) is 3.08. The van der Waals surface area contributed by atoms with E-state index in [-0.39, 0.29) is 5.06 Å². The highest BCUT2D eigenvalue weighted by molar-refractivity contribution is 7.87. The van der Waals surface area contributed by atoms with E-state index in [1.165, 1.54) is 0 Å². The summed E-state index contributed by atoms with van der Waals surface area (Å²) in [5.41, 5.74) is 0. The van der Waals surface area contributed by atoms with E-state index in [0.717, 1.165) is 6.92 Å². The lowest BCUT2D eigenvalue weighted by Gasteiger charge is -2.19. The van der Waals surface area contributed by atoms with Crippen molar-refractivity contribution in [3.63, 3.8) is 0 Å². The third kappa shape index (κ3) is 1.92. The van der Waals surface area contributed by atoms with Gasteiger partial charge >= 0.3 is 15.4 Å². The van der Waals surface area contributed by atoms with Gasteiger partial charge in [0.25, 0.3) is 11.8 Å². The molecular weight excluding hydrogens is 312 g/mol. The molecule has 0 aliphatic carbocycles. The highest BCUT2D eigenvalue weighted by atomic mass is 32.2. The second kappa shape index (κ2) is 4.43. The maximum absolute atomic E-state index is 13.3. The van der Waals surface area contributed by atoms with Crippen LogP contribution in [0.3, 0.4) is 0 Å². The topological polar surface area (TPSA) is 90.0 Å². The molecule has 4 unspecified atom stereocenters. The molecule has 118 valence electrons. The molecule has 0 aromatic rings. The summed E-state index contributed by atoms with van der Waals surface area (Å²) in [6.45, 7) is 0.956. The Morgan fingerprint density at radius 2 is 1.71 bits per heavy atom. The largest absolute Gasteiger partial charge is 0.373 e. The van der Waals surface area contributed by atoms with Gasteiger partial charge in [-0.3, -0.25) is 9.59 Å². The number of hydrogen-bond acceptors (Lipinski definition) is 6. The van der Waals surface area contributed by atoms with Crippen LogP contribution in [-0.4, -0.2) is 42.8 Å². The Bertz CT molecular complexity index is 578. The van der Waals surface area contributed by atoms with Gasteiger partial charge in [0, 0.05) is 6.42 Å². The van der Waals surface area contributed by atoms with E-state index in [2.05, 4.69) is 4.28 Å². The van der Waals surface area contributed by atoms with Gasteiger partial charge in [0.15, 0.2) is 0 Å². The van der Waals surface area contributed by atoms with Crippen LogP contribution in [-0.2, 0) is 28.7 Å². The van der Waals surface area contributed by atoms with E-state index in [9.17, 15) is 26.8 Å². The Morgan fingerprint density at radius 1 is 1.24 bits per heavy atom. The van der Waals surface area contributed by atoms with Crippen LogP contribution in [0.25, 0.3) is 0 Å². The molecule has 2 bridgehead atoms. The van der Waals surface area contributed by atoms with Crippen molar-refractivity contribution < 1.29 is 35.8 Å². The minimum Gasteiger partial charge on any atom is -0.373 e. The number of hydrogen-bond donors (Lipinski definition) is 0. The van der Waals surface area contributed by atoms with E-state index < -0.39 is 57.7 Å². The predicted octanol–water partition coefficient (Wildman–Crippen LogP) is 0.413. The molecule has 21 heavy (non-hydrogen) atoms. The maximum atomic E-state index is 13.3. The van der Waals surface area contributed by atoms with Crippen LogP contribution < -0.4 is 0 Å². The molecule has 3 fully saturated rings. The van der Waals surface area contributed by atoms with Gasteiger partial charge in [0.05, 0.1) is 24.0 Å². The van der Waals surface area contributed by atoms with Crippen molar-refractivity contribution >= 4 is 21.9 Å². The van der Waals surface area contributed by atoms with E-state index in [4.69, 9.17) is 4.74 Å². The number of carbonyl (C=O) groups excluding carboxylic acids is 2. The van der Waals surface area contributed by atoms with Crippen LogP contribution in [0.1, 0.15) is 26.2 Å². The quantitative estimate of drug-likeness (QED) is 0.696. The molecule has 3 saturated heterocycles. The highest BCUT2D eigenvalue weighted by Crippen LogP contribution is 2.49. The Balaban J connectivity index is 1.85. The summed E-state index contributed by atoms with van der Waals surface area (Å²) in [6, 6.07) is 0. The van der Waals surface area contributed by atoms with E-state index >= 15 is 0 Å². The van der Waals surface area contributed by atoms with E-state index in [1.54, 1.807) is 0 Å². The molecule has 2 amide bonds. The monoisotopic (exact) mass is 325 g/mol. The number of imide groups is 1. The van der Waals surface area contributed by atoms with Crippen molar-refractivity contribution in [2.24, 2.45) is 11.8 Å². The Labute approximate surface area is 119 Å². The van der Waals surface area contributed by atoms with Crippen LogP contribution in [0.5, 0.6) is 0 Å². The number of fused-ring (bicyclic) bond motifs is 5. The summed E-state index contributed by atoms with van der Waals surface area (Å²) in [7, 11) is -5.39. The van der Waals surface area contributed by atoms with E-state index in [1.807, 2.05) is 0 Å². The van der Waals surface area contributed by atoms with Gasteiger partial charge in [-0.2, -0.15) is 17.2 Å². The molecule has 7 nitrogen and oxygen atoms in total. The second-order valence-electron chi connectivity index (χ2n) is 5.33. The molecule has 4 atom stereocenters. The number of alkyl halides is 2. The number of hydroxylamine groups is 2. The average molecular weight is 325 g/mol. The van der Waals surface area contributed by atoms with Crippen LogP contribution in [0.15, 0.2) is 0 Å². The number of ether oxygens (including phenoxy) is 1. The first-order chi connectivity index (χ1) is 9.69. The molecule has 3 aliphatic heterocycles. The fourth-order valence-electron chi connectivity index (χ4n) is 3.09. The van der Waals surface area contributed by atoms with Gasteiger partial charge in [-0.25, -0.2) is 0 Å². The van der Waals surface area contributed by atoms with E-state index in [0.29, 0.717) is 12.8 Å². The van der Waals surface area contributed by atoms with Crippen molar-refractivity contribution in [1.82, 2.24) is 5.06 Å². The van der Waals surface area contributed by atoms with Gasteiger partial charge in [-0.05, 0) is 12.8 Å². The second-order valence-corrected chi connectivity index (χ2v) is 6.99. The molecule has 0 aromatic heterocycles. The minimum atomic E-state index is -5.39. The van der Waals surface area contributed by atoms with Crippen LogP contribution in [0, 0.1) is 11.8 Å². The van der Waals surface area contributed by atoms with Crippen molar-refractivity contribution in [1.29, 1.82) is 0 Å². The summed E-state index contributed by atoms with van der Waals surface area (Å²) >= 11 is 0. The molecule has 3 rings (SSSR count). The van der Waals surface area contributed by atoms with Crippen molar-refractivity contribution in [3.8, 4) is 0 Å². The Kier molecular flexibility index (Phi) is 3.12. The number of halogens is 2. The fraction of sp³-hybridized carbons (Fsp3) is 0.818. The Morgan fingerprint density at radius 3 is 2.14 bits per heavy atom. The standard InChI is InChI=1S/C11H13F2NO6S/c1-2-11(12,13)21(17,18)20-14-9(15)7-5-3-4-6(19-5)8(7)10(14)16/h5-8H,2-4H2,1H3. The maximum Gasteiger partial charge on any atom is 0.371 e. The fourth-order valence-corrected chi connectivity index (χ4v) is 3.89. The first kappa shape index (κ1) is 14.8. The number of carbonyl (C=O) groups is 2. The zero-order valence-corrected chi connectivity index (χ0v) is 11.8. The van der Waals surface area contributed by atoms with Crippen LogP contribution in [0.2, 0.25) is 0 Å². The summed E-state index contributed by atoms with van der Waals surface area (Å²) in [6.07, 6.45) is -0.807.